The van der Waals surface area contributed by atoms with Crippen molar-refractivity contribution in [3.05, 3.63) is 119 Å². The lowest BCUT2D eigenvalue weighted by Crippen LogP contribution is -2.63. The number of piperazine rings is 2. The molecule has 2 fully saturated rings. The number of carbonyl (C=O) groups excluding carboxylic acids is 2. The predicted molar refractivity (Wildman–Crippen MR) is 152 cm³/mol. The highest BCUT2D eigenvalue weighted by Crippen LogP contribution is 2.23. The Bertz CT molecular complexity index is 1570. The number of benzene rings is 3. The summed E-state index contributed by atoms with van der Waals surface area (Å²) >= 11 is 0. The van der Waals surface area contributed by atoms with E-state index in [0.717, 1.165) is 35.5 Å². The largest absolute Gasteiger partial charge is 0.360 e. The van der Waals surface area contributed by atoms with Gasteiger partial charge >= 0.3 is 0 Å². The molecule has 4 aromatic rings. The number of hydrogen-bond acceptors (Lipinski definition) is 3. The fourth-order valence-electron chi connectivity index (χ4n) is 5.37. The highest BCUT2D eigenvalue weighted by Gasteiger charge is 2.35. The minimum Gasteiger partial charge on any atom is -0.360 e. The molecule has 6 nitrogen and oxygen atoms in total. The van der Waals surface area contributed by atoms with Gasteiger partial charge in [0.2, 0.25) is 0 Å². The maximum Gasteiger partial charge on any atom is 0.255 e. The zero-order valence-corrected chi connectivity index (χ0v) is 22.0. The quantitative estimate of drug-likeness (QED) is 0.395. The number of fused-ring (bicyclic) bond motifs is 1. The van der Waals surface area contributed by atoms with E-state index in [0.29, 0.717) is 37.3 Å². The van der Waals surface area contributed by atoms with Crippen LogP contribution in [0, 0.1) is 17.7 Å². The van der Waals surface area contributed by atoms with Gasteiger partial charge in [0.15, 0.2) is 0 Å². The average molecular weight is 533 g/mol. The number of aromatic amines is 1. The molecule has 3 heterocycles. The summed E-state index contributed by atoms with van der Waals surface area (Å²) in [7, 11) is 0. The van der Waals surface area contributed by atoms with E-state index >= 15 is 0 Å². The second-order valence-electron chi connectivity index (χ2n) is 10.2. The standard InChI is InChI=1S/C33H29FN4O2/c34-29-14-12-26(13-15-29)31-20-28(21-35-31)33(40)38-19-17-36-16-18-37(22-30(36)23-38)32(39)27-10-8-25(9-11-27)7-6-24-4-2-1-3-5-24/h1-5,8-15,20-21,30,35H,16-19,22-23H2. The summed E-state index contributed by atoms with van der Waals surface area (Å²) in [6.07, 6.45) is 1.71. The molecule has 0 spiro atoms. The number of carbonyl (C=O) groups is 2. The van der Waals surface area contributed by atoms with Crippen LogP contribution in [0.2, 0.25) is 0 Å². The van der Waals surface area contributed by atoms with Crippen LogP contribution >= 0.6 is 0 Å². The van der Waals surface area contributed by atoms with Crippen molar-refractivity contribution in [2.24, 2.45) is 0 Å². The van der Waals surface area contributed by atoms with Crippen LogP contribution in [0.3, 0.4) is 0 Å². The lowest BCUT2D eigenvalue weighted by Gasteiger charge is -2.47. The molecule has 6 rings (SSSR count). The summed E-state index contributed by atoms with van der Waals surface area (Å²) in [5.41, 5.74) is 4.62. The Balaban J connectivity index is 1.08. The predicted octanol–water partition coefficient (Wildman–Crippen LogP) is 4.50. The molecule has 0 aliphatic carbocycles. The van der Waals surface area contributed by atoms with Crippen molar-refractivity contribution in [2.75, 3.05) is 39.3 Å². The summed E-state index contributed by atoms with van der Waals surface area (Å²) < 4.78 is 13.3. The molecule has 7 heteroatoms. The van der Waals surface area contributed by atoms with E-state index in [4.69, 9.17) is 0 Å². The van der Waals surface area contributed by atoms with Crippen molar-refractivity contribution in [3.63, 3.8) is 0 Å². The van der Waals surface area contributed by atoms with Gasteiger partial charge in [-0.2, -0.15) is 0 Å². The highest BCUT2D eigenvalue weighted by atomic mass is 19.1. The maximum atomic E-state index is 13.3. The van der Waals surface area contributed by atoms with Gasteiger partial charge in [-0.1, -0.05) is 30.0 Å². The molecule has 2 aliphatic heterocycles. The molecule has 1 unspecified atom stereocenters. The SMILES string of the molecule is O=C(c1ccc(C#Cc2ccccc2)cc1)N1CCN2CCN(C(=O)c3c[nH]c(-c4ccc(F)cc4)c3)CC2C1. The van der Waals surface area contributed by atoms with Crippen molar-refractivity contribution in [3.8, 4) is 23.1 Å². The third kappa shape index (κ3) is 5.54. The number of nitrogens with one attached hydrogen (secondary N) is 1. The monoisotopic (exact) mass is 532 g/mol. The molecule has 0 radical (unpaired) electrons. The first kappa shape index (κ1) is 25.6. The molecule has 2 amide bonds. The first-order valence-electron chi connectivity index (χ1n) is 13.5. The van der Waals surface area contributed by atoms with Crippen molar-refractivity contribution in [1.29, 1.82) is 0 Å². The van der Waals surface area contributed by atoms with Gasteiger partial charge in [0.1, 0.15) is 5.82 Å². The molecular weight excluding hydrogens is 503 g/mol. The van der Waals surface area contributed by atoms with E-state index in [1.165, 1.54) is 12.1 Å². The molecular formula is C33H29FN4O2. The smallest absolute Gasteiger partial charge is 0.255 e. The second kappa shape index (κ2) is 11.2. The number of halogens is 1. The van der Waals surface area contributed by atoms with E-state index in [2.05, 4.69) is 21.7 Å². The number of H-pyrrole nitrogens is 1. The van der Waals surface area contributed by atoms with E-state index in [1.807, 2.05) is 70.5 Å². The van der Waals surface area contributed by atoms with Crippen LogP contribution in [0.4, 0.5) is 4.39 Å². The van der Waals surface area contributed by atoms with Crippen molar-refractivity contribution < 1.29 is 14.0 Å². The van der Waals surface area contributed by atoms with Crippen LogP contribution in [0.25, 0.3) is 11.3 Å². The Labute approximate surface area is 233 Å². The first-order chi connectivity index (χ1) is 19.5. The third-order valence-electron chi connectivity index (χ3n) is 7.61. The van der Waals surface area contributed by atoms with Gasteiger partial charge in [-0.15, -0.1) is 0 Å². The van der Waals surface area contributed by atoms with Crippen molar-refractivity contribution >= 4 is 11.8 Å². The van der Waals surface area contributed by atoms with E-state index < -0.39 is 0 Å². The summed E-state index contributed by atoms with van der Waals surface area (Å²) in [6.45, 7) is 4.02. The molecule has 0 saturated carbocycles. The molecule has 3 aromatic carbocycles. The summed E-state index contributed by atoms with van der Waals surface area (Å²) in [4.78, 5) is 35.9. The Morgan fingerprint density at radius 1 is 0.725 bits per heavy atom. The minimum atomic E-state index is -0.297. The van der Waals surface area contributed by atoms with E-state index in [9.17, 15) is 14.0 Å². The number of nitrogens with zero attached hydrogens (tertiary/aromatic N) is 3. The third-order valence-corrected chi connectivity index (χ3v) is 7.61. The number of amides is 2. The van der Waals surface area contributed by atoms with Gasteiger partial charge in [-0.3, -0.25) is 14.5 Å². The number of hydrogen-bond donors (Lipinski definition) is 1. The Kier molecular flexibility index (Phi) is 7.17. The summed E-state index contributed by atoms with van der Waals surface area (Å²) in [5.74, 6) is 5.95. The molecule has 40 heavy (non-hydrogen) atoms. The van der Waals surface area contributed by atoms with Crippen LogP contribution in [-0.2, 0) is 0 Å². The fraction of sp³-hybridized carbons (Fsp3) is 0.212. The zero-order valence-electron chi connectivity index (χ0n) is 22.0. The van der Waals surface area contributed by atoms with E-state index in [-0.39, 0.29) is 23.7 Å². The molecule has 1 aromatic heterocycles. The van der Waals surface area contributed by atoms with Gasteiger partial charge in [-0.05, 0) is 72.3 Å². The van der Waals surface area contributed by atoms with E-state index in [1.54, 1.807) is 18.3 Å². The topological polar surface area (TPSA) is 59.7 Å². The van der Waals surface area contributed by atoms with Gasteiger partial charge in [-0.25, -0.2) is 4.39 Å². The van der Waals surface area contributed by atoms with Crippen LogP contribution in [0.5, 0.6) is 0 Å². The maximum absolute atomic E-state index is 13.3. The lowest BCUT2D eigenvalue weighted by molar-refractivity contribution is 0.0131. The summed E-state index contributed by atoms with van der Waals surface area (Å²) in [6, 6.07) is 25.3. The molecule has 0 bridgehead atoms. The number of rotatable bonds is 3. The Morgan fingerprint density at radius 2 is 1.32 bits per heavy atom. The fourth-order valence-corrected chi connectivity index (χ4v) is 5.37. The first-order valence-corrected chi connectivity index (χ1v) is 13.5. The van der Waals surface area contributed by atoms with Crippen molar-refractivity contribution in [2.45, 2.75) is 6.04 Å². The second-order valence-corrected chi connectivity index (χ2v) is 10.2. The number of aromatic nitrogens is 1. The van der Waals surface area contributed by atoms with Crippen molar-refractivity contribution in [1.82, 2.24) is 19.7 Å². The van der Waals surface area contributed by atoms with Gasteiger partial charge < -0.3 is 14.8 Å². The van der Waals surface area contributed by atoms with Crippen LogP contribution in [-0.4, -0.2) is 76.8 Å². The Morgan fingerprint density at radius 3 is 1.98 bits per heavy atom. The van der Waals surface area contributed by atoms with Crippen LogP contribution < -0.4 is 0 Å². The molecule has 1 N–H and O–H groups in total. The molecule has 200 valence electrons. The molecule has 2 aliphatic rings. The molecule has 2 saturated heterocycles. The highest BCUT2D eigenvalue weighted by molar-refractivity contribution is 5.96. The normalized spacial score (nSPS) is 17.1. The van der Waals surface area contributed by atoms with Crippen LogP contribution in [0.15, 0.2) is 91.1 Å². The minimum absolute atomic E-state index is 0.000225. The van der Waals surface area contributed by atoms with Gasteiger partial charge in [0.05, 0.1) is 5.56 Å². The van der Waals surface area contributed by atoms with Gasteiger partial charge in [0.25, 0.3) is 11.8 Å². The summed E-state index contributed by atoms with van der Waals surface area (Å²) in [5, 5.41) is 0. The average Bonchev–Trinajstić information content (AvgIpc) is 3.50. The zero-order chi connectivity index (χ0) is 27.5. The Hall–Kier alpha value is -4.67. The lowest BCUT2D eigenvalue weighted by atomic mass is 10.1. The molecule has 1 atom stereocenters. The van der Waals surface area contributed by atoms with Gasteiger partial charge in [0, 0.05) is 73.9 Å². The van der Waals surface area contributed by atoms with Crippen LogP contribution in [0.1, 0.15) is 31.8 Å².